The maximum absolute atomic E-state index is 11.8. The molecule has 1 N–H and O–H groups in total. The van der Waals surface area contributed by atoms with Gasteiger partial charge in [0.25, 0.3) is 0 Å². The number of rotatable bonds is 4. The Balaban J connectivity index is 2.71. The maximum Gasteiger partial charge on any atom is 0.322 e. The zero-order chi connectivity index (χ0) is 13.1. The summed E-state index contributed by atoms with van der Waals surface area (Å²) >= 11 is 0. The lowest BCUT2D eigenvalue weighted by Crippen LogP contribution is -2.44. The van der Waals surface area contributed by atoms with Crippen LogP contribution in [-0.2, 0) is 24.3 Å². The quantitative estimate of drug-likeness (QED) is 0.673. The minimum absolute atomic E-state index is 0.0747. The number of nitrogens with zero attached hydrogens (tertiary/aromatic N) is 1. The van der Waals surface area contributed by atoms with Crippen molar-refractivity contribution in [1.82, 2.24) is 4.31 Å². The molecule has 0 radical (unpaired) electrons. The third-order valence-corrected chi connectivity index (χ3v) is 4.37. The summed E-state index contributed by atoms with van der Waals surface area (Å²) < 4.78 is 28.8. The molecule has 1 aliphatic heterocycles. The van der Waals surface area contributed by atoms with Crippen LogP contribution in [0.4, 0.5) is 0 Å². The molecule has 1 atom stereocenters. The van der Waals surface area contributed by atoms with Gasteiger partial charge in [0.1, 0.15) is 0 Å². The summed E-state index contributed by atoms with van der Waals surface area (Å²) in [5.74, 6) is -3.29. The van der Waals surface area contributed by atoms with Gasteiger partial charge in [0.2, 0.25) is 10.0 Å². The molecule has 8 heteroatoms. The topological polar surface area (TPSA) is 101 Å². The first-order valence-corrected chi connectivity index (χ1v) is 6.75. The van der Waals surface area contributed by atoms with Gasteiger partial charge in [0.15, 0.2) is 5.75 Å². The Morgan fingerprint density at radius 2 is 2.12 bits per heavy atom. The van der Waals surface area contributed by atoms with Gasteiger partial charge in [-0.2, -0.15) is 0 Å². The standard InChI is InChI=1S/C9H15NO6S/c1-16-8(11)6-17(14,15)10-4-2-3-7(5-10)9(12)13/h7H,2-6H2,1H3,(H,12,13). The summed E-state index contributed by atoms with van der Waals surface area (Å²) in [7, 11) is -2.66. The average molecular weight is 265 g/mol. The fourth-order valence-corrected chi connectivity index (χ4v) is 3.11. The first-order chi connectivity index (χ1) is 7.86. The number of carbonyl (C=O) groups excluding carboxylic acids is 1. The van der Waals surface area contributed by atoms with Crippen LogP contribution >= 0.6 is 0 Å². The third kappa shape index (κ3) is 3.67. The number of hydrogen-bond acceptors (Lipinski definition) is 5. The van der Waals surface area contributed by atoms with E-state index in [0.717, 1.165) is 11.4 Å². The van der Waals surface area contributed by atoms with Crippen molar-refractivity contribution in [3.8, 4) is 0 Å². The number of esters is 1. The summed E-state index contributed by atoms with van der Waals surface area (Å²) in [6, 6.07) is 0. The molecule has 1 saturated heterocycles. The molecule has 1 fully saturated rings. The lowest BCUT2D eigenvalue weighted by atomic mass is 10.0. The minimum atomic E-state index is -3.77. The number of methoxy groups -OCH3 is 1. The van der Waals surface area contributed by atoms with E-state index >= 15 is 0 Å². The van der Waals surface area contributed by atoms with Gasteiger partial charge >= 0.3 is 11.9 Å². The molecule has 0 spiro atoms. The SMILES string of the molecule is COC(=O)CS(=O)(=O)N1CCCC(C(=O)O)C1. The van der Waals surface area contributed by atoms with Gasteiger partial charge < -0.3 is 9.84 Å². The van der Waals surface area contributed by atoms with E-state index in [1.54, 1.807) is 0 Å². The van der Waals surface area contributed by atoms with Crippen LogP contribution in [0.2, 0.25) is 0 Å². The first kappa shape index (κ1) is 13.9. The highest BCUT2D eigenvalue weighted by Gasteiger charge is 2.33. The molecular formula is C9H15NO6S. The molecule has 0 aliphatic carbocycles. The van der Waals surface area contributed by atoms with Crippen LogP contribution in [0.15, 0.2) is 0 Å². The van der Waals surface area contributed by atoms with Crippen molar-refractivity contribution in [3.63, 3.8) is 0 Å². The highest BCUT2D eigenvalue weighted by atomic mass is 32.2. The molecule has 7 nitrogen and oxygen atoms in total. The second-order valence-corrected chi connectivity index (χ2v) is 5.84. The Labute approximate surface area is 99.4 Å². The normalized spacial score (nSPS) is 22.1. The molecule has 0 bridgehead atoms. The highest BCUT2D eigenvalue weighted by Crippen LogP contribution is 2.19. The van der Waals surface area contributed by atoms with E-state index in [-0.39, 0.29) is 13.1 Å². The summed E-state index contributed by atoms with van der Waals surface area (Å²) in [5.41, 5.74) is 0. The number of carboxylic acid groups (broad SMARTS) is 1. The summed E-state index contributed by atoms with van der Waals surface area (Å²) in [6.45, 7) is 0.178. The Morgan fingerprint density at radius 1 is 1.47 bits per heavy atom. The fraction of sp³-hybridized carbons (Fsp3) is 0.778. The molecule has 0 aromatic rings. The molecule has 1 rings (SSSR count). The predicted molar refractivity (Wildman–Crippen MR) is 57.7 cm³/mol. The van der Waals surface area contributed by atoms with Gasteiger partial charge in [0.05, 0.1) is 13.0 Å². The molecule has 1 aliphatic rings. The summed E-state index contributed by atoms with van der Waals surface area (Å²) in [5, 5.41) is 8.84. The van der Waals surface area contributed by atoms with E-state index in [1.165, 1.54) is 0 Å². The van der Waals surface area contributed by atoms with Crippen molar-refractivity contribution in [3.05, 3.63) is 0 Å². The van der Waals surface area contributed by atoms with E-state index in [2.05, 4.69) is 4.74 Å². The van der Waals surface area contributed by atoms with Gasteiger partial charge in [-0.05, 0) is 12.8 Å². The van der Waals surface area contributed by atoms with Crippen LogP contribution in [0, 0.1) is 5.92 Å². The predicted octanol–water partition coefficient (Wildman–Crippen LogP) is -0.714. The largest absolute Gasteiger partial charge is 0.481 e. The average Bonchev–Trinajstić information content (AvgIpc) is 2.28. The number of piperidine rings is 1. The van der Waals surface area contributed by atoms with Crippen LogP contribution in [0.25, 0.3) is 0 Å². The van der Waals surface area contributed by atoms with Crippen molar-refractivity contribution in [2.45, 2.75) is 12.8 Å². The van der Waals surface area contributed by atoms with Crippen molar-refractivity contribution < 1.29 is 27.9 Å². The minimum Gasteiger partial charge on any atom is -0.481 e. The molecule has 1 unspecified atom stereocenters. The fourth-order valence-electron chi connectivity index (χ4n) is 1.70. The van der Waals surface area contributed by atoms with E-state index in [0.29, 0.717) is 12.8 Å². The number of carbonyl (C=O) groups is 2. The zero-order valence-corrected chi connectivity index (χ0v) is 10.3. The lowest BCUT2D eigenvalue weighted by molar-refractivity contribution is -0.142. The van der Waals surface area contributed by atoms with Crippen LogP contribution in [0.1, 0.15) is 12.8 Å². The first-order valence-electron chi connectivity index (χ1n) is 5.14. The van der Waals surface area contributed by atoms with Crippen LogP contribution in [-0.4, -0.2) is 55.7 Å². The molecule has 0 aromatic heterocycles. The smallest absolute Gasteiger partial charge is 0.322 e. The van der Waals surface area contributed by atoms with E-state index in [9.17, 15) is 18.0 Å². The molecule has 98 valence electrons. The number of hydrogen-bond donors (Lipinski definition) is 1. The number of aliphatic carboxylic acids is 1. The second kappa shape index (κ2) is 5.46. The monoisotopic (exact) mass is 265 g/mol. The van der Waals surface area contributed by atoms with E-state index < -0.39 is 33.6 Å². The van der Waals surface area contributed by atoms with Gasteiger partial charge in [0, 0.05) is 13.1 Å². The Kier molecular flexibility index (Phi) is 4.47. The molecule has 17 heavy (non-hydrogen) atoms. The Morgan fingerprint density at radius 3 is 2.65 bits per heavy atom. The number of carboxylic acids is 1. The zero-order valence-electron chi connectivity index (χ0n) is 9.46. The summed E-state index contributed by atoms with van der Waals surface area (Å²) in [6.07, 6.45) is 0.941. The van der Waals surface area contributed by atoms with Crippen molar-refractivity contribution in [2.75, 3.05) is 26.0 Å². The van der Waals surface area contributed by atoms with Gasteiger partial charge in [-0.25, -0.2) is 12.7 Å². The highest BCUT2D eigenvalue weighted by molar-refractivity contribution is 7.89. The van der Waals surface area contributed by atoms with Crippen molar-refractivity contribution in [1.29, 1.82) is 0 Å². The maximum atomic E-state index is 11.8. The van der Waals surface area contributed by atoms with Crippen molar-refractivity contribution >= 4 is 22.0 Å². The lowest BCUT2D eigenvalue weighted by Gasteiger charge is -2.29. The summed E-state index contributed by atoms with van der Waals surface area (Å²) in [4.78, 5) is 21.7. The number of sulfonamides is 1. The number of ether oxygens (including phenoxy) is 1. The van der Waals surface area contributed by atoms with Crippen LogP contribution in [0.3, 0.4) is 0 Å². The van der Waals surface area contributed by atoms with E-state index in [4.69, 9.17) is 5.11 Å². The molecule has 0 aromatic carbocycles. The Bertz CT molecular complexity index is 404. The molecular weight excluding hydrogens is 250 g/mol. The van der Waals surface area contributed by atoms with Crippen LogP contribution < -0.4 is 0 Å². The molecule has 0 saturated carbocycles. The van der Waals surface area contributed by atoms with E-state index in [1.807, 2.05) is 0 Å². The van der Waals surface area contributed by atoms with Gasteiger partial charge in [-0.1, -0.05) is 0 Å². The second-order valence-electron chi connectivity index (χ2n) is 3.87. The van der Waals surface area contributed by atoms with Gasteiger partial charge in [-0.15, -0.1) is 0 Å². The van der Waals surface area contributed by atoms with Crippen LogP contribution in [0.5, 0.6) is 0 Å². The van der Waals surface area contributed by atoms with Crippen molar-refractivity contribution in [2.24, 2.45) is 5.92 Å². The Hall–Kier alpha value is -1.15. The van der Waals surface area contributed by atoms with Gasteiger partial charge in [-0.3, -0.25) is 9.59 Å². The molecule has 0 amide bonds. The molecule has 1 heterocycles. The third-order valence-electron chi connectivity index (χ3n) is 2.65.